The van der Waals surface area contributed by atoms with Crippen molar-refractivity contribution in [1.29, 1.82) is 0 Å². The zero-order valence-electron chi connectivity index (χ0n) is 13.6. The number of thiophene rings is 1. The minimum atomic E-state index is -0.00756. The van der Waals surface area contributed by atoms with E-state index in [1.807, 2.05) is 33.9 Å². The summed E-state index contributed by atoms with van der Waals surface area (Å²) in [4.78, 5) is 26.7. The Balaban J connectivity index is 1.40. The van der Waals surface area contributed by atoms with Gasteiger partial charge in [-0.3, -0.25) is 4.79 Å². The highest BCUT2D eigenvalue weighted by Gasteiger charge is 2.24. The lowest BCUT2D eigenvalue weighted by atomic mass is 10.2. The van der Waals surface area contributed by atoms with Crippen molar-refractivity contribution in [3.8, 4) is 9.88 Å². The molecule has 0 N–H and O–H groups in total. The summed E-state index contributed by atoms with van der Waals surface area (Å²) in [6.07, 6.45) is 1.65. The third-order valence-electron chi connectivity index (χ3n) is 4.10. The van der Waals surface area contributed by atoms with Crippen LogP contribution < -0.4 is 4.90 Å². The van der Waals surface area contributed by atoms with E-state index in [-0.39, 0.29) is 5.91 Å². The normalized spacial score (nSPS) is 14.7. The maximum atomic E-state index is 12.8. The molecule has 0 unspecified atom stereocenters. The Morgan fingerprint density at radius 1 is 1.15 bits per heavy atom. The van der Waals surface area contributed by atoms with Crippen LogP contribution >= 0.6 is 50.2 Å². The van der Waals surface area contributed by atoms with Crippen molar-refractivity contribution >= 4 is 61.9 Å². The topological polar surface area (TPSA) is 49.3 Å². The van der Waals surface area contributed by atoms with Gasteiger partial charge in [0.05, 0.1) is 9.90 Å². The molecule has 0 spiro atoms. The number of pyridine rings is 1. The Kier molecular flexibility index (Phi) is 5.26. The van der Waals surface area contributed by atoms with E-state index in [1.165, 1.54) is 11.3 Å². The molecule has 5 nitrogen and oxygen atoms in total. The van der Waals surface area contributed by atoms with Crippen LogP contribution in [0.2, 0.25) is 5.02 Å². The Hall–Kier alpha value is -1.48. The van der Waals surface area contributed by atoms with Gasteiger partial charge >= 0.3 is 0 Å². The molecule has 0 atom stereocenters. The van der Waals surface area contributed by atoms with Gasteiger partial charge in [0.1, 0.15) is 16.5 Å². The van der Waals surface area contributed by atoms with Crippen LogP contribution in [0.4, 0.5) is 5.82 Å². The number of thiazole rings is 1. The number of carbonyl (C=O) groups excluding carboxylic acids is 1. The lowest BCUT2D eigenvalue weighted by Gasteiger charge is -2.35. The van der Waals surface area contributed by atoms with Crippen molar-refractivity contribution < 1.29 is 4.79 Å². The minimum Gasteiger partial charge on any atom is -0.353 e. The van der Waals surface area contributed by atoms with Crippen molar-refractivity contribution in [1.82, 2.24) is 14.9 Å². The fourth-order valence-corrected chi connectivity index (χ4v) is 5.18. The highest BCUT2D eigenvalue weighted by Crippen LogP contribution is 2.32. The summed E-state index contributed by atoms with van der Waals surface area (Å²) in [7, 11) is 0. The molecule has 0 aliphatic carbocycles. The van der Waals surface area contributed by atoms with Gasteiger partial charge in [0.15, 0.2) is 0 Å². The van der Waals surface area contributed by atoms with E-state index in [2.05, 4.69) is 30.8 Å². The van der Waals surface area contributed by atoms with Gasteiger partial charge in [0.2, 0.25) is 0 Å². The molecular formula is C17H14BrClN4OS2. The molecule has 1 aliphatic rings. The number of halogens is 2. The molecule has 1 fully saturated rings. The summed E-state index contributed by atoms with van der Waals surface area (Å²) in [5.41, 5.74) is 0.521. The molecule has 4 heterocycles. The number of hydrogen-bond donors (Lipinski definition) is 0. The number of aromatic nitrogens is 2. The number of hydrogen-bond acceptors (Lipinski definition) is 6. The van der Waals surface area contributed by atoms with E-state index >= 15 is 0 Å². The number of rotatable bonds is 3. The molecule has 134 valence electrons. The first-order valence-electron chi connectivity index (χ1n) is 7.96. The van der Waals surface area contributed by atoms with E-state index in [4.69, 9.17) is 11.6 Å². The monoisotopic (exact) mass is 468 g/mol. The molecule has 0 aromatic carbocycles. The zero-order chi connectivity index (χ0) is 18.1. The third-order valence-corrected chi connectivity index (χ3v) is 7.03. The van der Waals surface area contributed by atoms with E-state index in [1.54, 1.807) is 17.5 Å². The third kappa shape index (κ3) is 3.78. The second kappa shape index (κ2) is 7.64. The quantitative estimate of drug-likeness (QED) is 0.560. The molecule has 0 bridgehead atoms. The Morgan fingerprint density at radius 2 is 1.96 bits per heavy atom. The average Bonchev–Trinajstić information content (AvgIpc) is 3.31. The first kappa shape index (κ1) is 17.9. The number of amides is 1. The van der Waals surface area contributed by atoms with E-state index < -0.39 is 0 Å². The van der Waals surface area contributed by atoms with E-state index in [0.717, 1.165) is 33.3 Å². The second-order valence-electron chi connectivity index (χ2n) is 5.78. The molecule has 4 rings (SSSR count). The standard InChI is InChI=1S/C17H14BrClN4OS2/c18-11-7-14(25-9-11)16-21-13(10-26-16)17(24)23-5-3-22(4-6-23)15-2-1-12(19)8-20-15/h1-2,7-10H,3-6H2. The minimum absolute atomic E-state index is 0.00756. The molecule has 9 heteroatoms. The highest BCUT2D eigenvalue weighted by atomic mass is 79.9. The van der Waals surface area contributed by atoms with Crippen LogP contribution in [0.1, 0.15) is 10.5 Å². The summed E-state index contributed by atoms with van der Waals surface area (Å²) in [6.45, 7) is 2.80. The molecular weight excluding hydrogens is 456 g/mol. The molecule has 0 radical (unpaired) electrons. The number of nitrogens with zero attached hydrogens (tertiary/aromatic N) is 4. The van der Waals surface area contributed by atoms with Gasteiger partial charge in [-0.15, -0.1) is 22.7 Å². The number of piperazine rings is 1. The van der Waals surface area contributed by atoms with Crippen LogP contribution in [0.25, 0.3) is 9.88 Å². The van der Waals surface area contributed by atoms with Crippen LogP contribution in [0, 0.1) is 0 Å². The fourth-order valence-electron chi connectivity index (χ4n) is 2.77. The summed E-state index contributed by atoms with van der Waals surface area (Å²) in [6, 6.07) is 5.77. The van der Waals surface area contributed by atoms with E-state index in [9.17, 15) is 4.79 Å². The van der Waals surface area contributed by atoms with Crippen LogP contribution in [-0.4, -0.2) is 47.0 Å². The summed E-state index contributed by atoms with van der Waals surface area (Å²) in [5, 5.41) is 5.37. The maximum Gasteiger partial charge on any atom is 0.273 e. The first-order valence-corrected chi connectivity index (χ1v) is 10.9. The van der Waals surface area contributed by atoms with Crippen molar-refractivity contribution in [2.24, 2.45) is 0 Å². The largest absolute Gasteiger partial charge is 0.353 e. The average molecular weight is 470 g/mol. The lowest BCUT2D eigenvalue weighted by Crippen LogP contribution is -2.49. The number of carbonyl (C=O) groups is 1. The Bertz CT molecular complexity index is 919. The second-order valence-corrected chi connectivity index (χ2v) is 8.90. The van der Waals surface area contributed by atoms with Crippen LogP contribution in [0.15, 0.2) is 39.6 Å². The Labute approximate surface area is 172 Å². The van der Waals surface area contributed by atoms with Crippen LogP contribution in [0.3, 0.4) is 0 Å². The Morgan fingerprint density at radius 3 is 2.62 bits per heavy atom. The van der Waals surface area contributed by atoms with Gasteiger partial charge in [-0.05, 0) is 34.1 Å². The predicted octanol–water partition coefficient (Wildman–Crippen LogP) is 4.64. The summed E-state index contributed by atoms with van der Waals surface area (Å²) >= 11 is 12.5. The molecule has 3 aromatic heterocycles. The molecule has 1 saturated heterocycles. The van der Waals surface area contributed by atoms with Crippen molar-refractivity contribution in [3.63, 3.8) is 0 Å². The van der Waals surface area contributed by atoms with Gasteiger partial charge in [-0.2, -0.15) is 0 Å². The van der Waals surface area contributed by atoms with Gasteiger partial charge in [-0.25, -0.2) is 9.97 Å². The fraction of sp³-hybridized carbons (Fsp3) is 0.235. The number of anilines is 1. The van der Waals surface area contributed by atoms with Gasteiger partial charge in [0.25, 0.3) is 5.91 Å². The summed E-state index contributed by atoms with van der Waals surface area (Å²) in [5.74, 6) is 0.882. The van der Waals surface area contributed by atoms with Crippen molar-refractivity contribution in [2.45, 2.75) is 0 Å². The lowest BCUT2D eigenvalue weighted by molar-refractivity contribution is 0.0741. The van der Waals surface area contributed by atoms with Gasteiger partial charge in [0, 0.05) is 47.6 Å². The first-order chi connectivity index (χ1) is 12.6. The molecule has 3 aromatic rings. The van der Waals surface area contributed by atoms with Crippen molar-refractivity contribution in [3.05, 3.63) is 50.3 Å². The molecule has 0 saturated carbocycles. The highest BCUT2D eigenvalue weighted by molar-refractivity contribution is 9.10. The van der Waals surface area contributed by atoms with E-state index in [0.29, 0.717) is 23.8 Å². The summed E-state index contributed by atoms with van der Waals surface area (Å²) < 4.78 is 1.03. The van der Waals surface area contributed by atoms with Gasteiger partial charge < -0.3 is 9.80 Å². The zero-order valence-corrected chi connectivity index (χ0v) is 17.5. The maximum absolute atomic E-state index is 12.8. The molecule has 26 heavy (non-hydrogen) atoms. The van der Waals surface area contributed by atoms with Crippen LogP contribution in [-0.2, 0) is 0 Å². The molecule has 1 amide bonds. The van der Waals surface area contributed by atoms with Gasteiger partial charge in [-0.1, -0.05) is 11.6 Å². The molecule has 1 aliphatic heterocycles. The SMILES string of the molecule is O=C(c1csc(-c2cc(Br)cs2)n1)N1CCN(c2ccc(Cl)cn2)CC1. The van der Waals surface area contributed by atoms with Crippen LogP contribution in [0.5, 0.6) is 0 Å². The smallest absolute Gasteiger partial charge is 0.273 e. The predicted molar refractivity (Wildman–Crippen MR) is 110 cm³/mol. The van der Waals surface area contributed by atoms with Crippen molar-refractivity contribution in [2.75, 3.05) is 31.1 Å².